The molecule has 18 heavy (non-hydrogen) atoms. The Morgan fingerprint density at radius 2 is 1.94 bits per heavy atom. The molecule has 0 aliphatic carbocycles. The first kappa shape index (κ1) is 16.0. The highest BCUT2D eigenvalue weighted by molar-refractivity contribution is 6.07. The molecule has 0 unspecified atom stereocenters. The highest BCUT2D eigenvalue weighted by Gasteiger charge is 2.46. The Balaban J connectivity index is 4.78. The molecular weight excluding hydrogens is 240 g/mol. The number of hydrogen-bond donors (Lipinski definition) is 3. The summed E-state index contributed by atoms with van der Waals surface area (Å²) in [6.45, 7) is 1.86. The predicted octanol–water partition coefficient (Wildman–Crippen LogP) is -0.001000. The van der Waals surface area contributed by atoms with Crippen molar-refractivity contribution in [3.05, 3.63) is 4.91 Å². The van der Waals surface area contributed by atoms with E-state index in [1.54, 1.807) is 6.92 Å². The fraction of sp³-hybridized carbons (Fsp3) is 0.700. The standard InChI is InChI=1S/C10H18N4O4/c1-2-4-7(15)10(14-18,8(16)17)5-3-6-13-9(11)12/h2-6H2,1H3,(H,16,17)(H4,11,12,13)/t10-/m1/s1. The third kappa shape index (κ3) is 4.11. The van der Waals surface area contributed by atoms with Gasteiger partial charge in [-0.1, -0.05) is 6.92 Å². The molecule has 5 N–H and O–H groups in total. The van der Waals surface area contributed by atoms with Gasteiger partial charge in [-0.25, -0.2) is 4.79 Å². The van der Waals surface area contributed by atoms with Crippen LogP contribution in [0.3, 0.4) is 0 Å². The summed E-state index contributed by atoms with van der Waals surface area (Å²) in [5, 5.41) is 11.6. The summed E-state index contributed by atoms with van der Waals surface area (Å²) >= 11 is 0. The first-order chi connectivity index (χ1) is 8.40. The zero-order chi connectivity index (χ0) is 14.2. The highest BCUT2D eigenvalue weighted by atomic mass is 16.4. The van der Waals surface area contributed by atoms with E-state index in [1.807, 2.05) is 0 Å². The Kier molecular flexibility index (Phi) is 6.54. The second-order valence-corrected chi connectivity index (χ2v) is 3.84. The quantitative estimate of drug-likeness (QED) is 0.174. The maximum absolute atomic E-state index is 11.7. The van der Waals surface area contributed by atoms with Crippen LogP contribution in [-0.2, 0) is 9.59 Å². The van der Waals surface area contributed by atoms with Crippen LogP contribution in [0.25, 0.3) is 0 Å². The van der Waals surface area contributed by atoms with E-state index < -0.39 is 17.3 Å². The lowest BCUT2D eigenvalue weighted by molar-refractivity contribution is -0.148. The number of carbonyl (C=O) groups is 2. The number of guanidine groups is 1. The van der Waals surface area contributed by atoms with Crippen LogP contribution in [0.5, 0.6) is 0 Å². The topological polar surface area (TPSA) is 148 Å². The fourth-order valence-corrected chi connectivity index (χ4v) is 1.48. The summed E-state index contributed by atoms with van der Waals surface area (Å²) < 4.78 is 0. The molecule has 102 valence electrons. The van der Waals surface area contributed by atoms with Crippen molar-refractivity contribution in [3.63, 3.8) is 0 Å². The lowest BCUT2D eigenvalue weighted by atomic mass is 9.87. The molecule has 0 bridgehead atoms. The Bertz CT molecular complexity index is 352. The van der Waals surface area contributed by atoms with Gasteiger partial charge in [0.05, 0.1) is 0 Å². The van der Waals surface area contributed by atoms with Crippen LogP contribution in [0, 0.1) is 4.91 Å². The fourth-order valence-electron chi connectivity index (χ4n) is 1.48. The minimum Gasteiger partial charge on any atom is -0.479 e. The van der Waals surface area contributed by atoms with Crippen molar-refractivity contribution in [1.82, 2.24) is 0 Å². The van der Waals surface area contributed by atoms with Gasteiger partial charge in [-0.3, -0.25) is 9.79 Å². The number of aliphatic carboxylic acids is 1. The highest BCUT2D eigenvalue weighted by Crippen LogP contribution is 2.22. The number of aliphatic imine (C=N–C) groups is 1. The summed E-state index contributed by atoms with van der Waals surface area (Å²) in [6, 6.07) is 0. The van der Waals surface area contributed by atoms with Gasteiger partial charge in [0.15, 0.2) is 11.7 Å². The van der Waals surface area contributed by atoms with Crippen molar-refractivity contribution in [2.24, 2.45) is 21.6 Å². The van der Waals surface area contributed by atoms with Gasteiger partial charge >= 0.3 is 5.97 Å². The largest absolute Gasteiger partial charge is 0.479 e. The predicted molar refractivity (Wildman–Crippen MR) is 66.0 cm³/mol. The molecule has 0 fully saturated rings. The van der Waals surface area contributed by atoms with Crippen LogP contribution < -0.4 is 11.5 Å². The van der Waals surface area contributed by atoms with E-state index in [0.29, 0.717) is 6.42 Å². The molecule has 1 atom stereocenters. The molecule has 0 aromatic rings. The number of Topliss-reactive ketones (excluding diaryl/α,β-unsaturated/α-hetero) is 1. The second kappa shape index (κ2) is 7.36. The lowest BCUT2D eigenvalue weighted by Crippen LogP contribution is -2.44. The zero-order valence-corrected chi connectivity index (χ0v) is 10.3. The number of nitrogens with two attached hydrogens (primary N) is 2. The minimum atomic E-state index is -2.21. The van der Waals surface area contributed by atoms with E-state index in [9.17, 15) is 14.5 Å². The Morgan fingerprint density at radius 3 is 2.33 bits per heavy atom. The molecule has 0 aliphatic heterocycles. The molecule has 0 spiro atoms. The normalized spacial score (nSPS) is 13.4. The number of carboxylic acid groups (broad SMARTS) is 1. The van der Waals surface area contributed by atoms with Gasteiger partial charge in [0.2, 0.25) is 0 Å². The average Bonchev–Trinajstić information content (AvgIpc) is 2.29. The van der Waals surface area contributed by atoms with Gasteiger partial charge in [0, 0.05) is 13.0 Å². The number of carbonyl (C=O) groups excluding carboxylic acids is 1. The molecule has 0 saturated carbocycles. The molecule has 0 amide bonds. The smallest absolute Gasteiger partial charge is 0.343 e. The van der Waals surface area contributed by atoms with E-state index >= 15 is 0 Å². The van der Waals surface area contributed by atoms with E-state index in [4.69, 9.17) is 16.6 Å². The van der Waals surface area contributed by atoms with Crippen molar-refractivity contribution in [3.8, 4) is 0 Å². The third-order valence-corrected chi connectivity index (χ3v) is 2.44. The number of rotatable bonds is 9. The van der Waals surface area contributed by atoms with Crippen LogP contribution in [0.1, 0.15) is 32.6 Å². The Hall–Kier alpha value is -1.99. The maximum atomic E-state index is 11.7. The molecule has 0 rings (SSSR count). The minimum absolute atomic E-state index is 0.000333. The van der Waals surface area contributed by atoms with Crippen LogP contribution in [0.4, 0.5) is 0 Å². The zero-order valence-electron chi connectivity index (χ0n) is 10.3. The average molecular weight is 258 g/mol. The molecule has 0 saturated heterocycles. The van der Waals surface area contributed by atoms with Gasteiger partial charge in [-0.05, 0) is 24.4 Å². The molecule has 0 aromatic heterocycles. The maximum Gasteiger partial charge on any atom is 0.343 e. The van der Waals surface area contributed by atoms with Crippen molar-refractivity contribution >= 4 is 17.7 Å². The van der Waals surface area contributed by atoms with Crippen LogP contribution >= 0.6 is 0 Å². The van der Waals surface area contributed by atoms with Gasteiger partial charge in [-0.2, -0.15) is 0 Å². The molecular formula is C10H18N4O4. The number of hydrogen-bond acceptors (Lipinski definition) is 5. The van der Waals surface area contributed by atoms with Gasteiger partial charge in [-0.15, -0.1) is 4.91 Å². The van der Waals surface area contributed by atoms with Crippen molar-refractivity contribution in [2.75, 3.05) is 6.54 Å². The molecule has 0 aromatic carbocycles. The molecule has 0 radical (unpaired) electrons. The number of carboxylic acids is 1. The SMILES string of the molecule is CCCC(=O)[C@@](CCCN=C(N)N)(N=O)C(=O)O. The number of nitrogens with zero attached hydrogens (tertiary/aromatic N) is 2. The van der Waals surface area contributed by atoms with Gasteiger partial charge in [0.1, 0.15) is 0 Å². The number of ketones is 1. The second-order valence-electron chi connectivity index (χ2n) is 3.84. The summed E-state index contributed by atoms with van der Waals surface area (Å²) in [5.74, 6) is -2.34. The van der Waals surface area contributed by atoms with E-state index in [1.165, 1.54) is 0 Å². The first-order valence-corrected chi connectivity index (χ1v) is 5.57. The molecule has 8 heteroatoms. The van der Waals surface area contributed by atoms with Crippen molar-refractivity contribution in [2.45, 2.75) is 38.1 Å². The first-order valence-electron chi connectivity index (χ1n) is 5.57. The lowest BCUT2D eigenvalue weighted by Gasteiger charge is -2.19. The van der Waals surface area contributed by atoms with Crippen LogP contribution in [0.2, 0.25) is 0 Å². The van der Waals surface area contributed by atoms with Crippen LogP contribution in [0.15, 0.2) is 10.2 Å². The summed E-state index contributed by atoms with van der Waals surface area (Å²) in [7, 11) is 0. The monoisotopic (exact) mass is 258 g/mol. The van der Waals surface area contributed by atoms with E-state index in [-0.39, 0.29) is 31.8 Å². The van der Waals surface area contributed by atoms with Crippen LogP contribution in [-0.4, -0.2) is 34.9 Å². The summed E-state index contributed by atoms with van der Waals surface area (Å²) in [5.41, 5.74) is 7.99. The number of nitroso groups, excluding NO2 is 1. The van der Waals surface area contributed by atoms with E-state index in [0.717, 1.165) is 0 Å². The molecule has 8 nitrogen and oxygen atoms in total. The summed E-state index contributed by atoms with van der Waals surface area (Å²) in [4.78, 5) is 37.2. The van der Waals surface area contributed by atoms with E-state index in [2.05, 4.69) is 10.2 Å². The third-order valence-electron chi connectivity index (χ3n) is 2.44. The van der Waals surface area contributed by atoms with Gasteiger partial charge in [0.25, 0.3) is 5.54 Å². The summed E-state index contributed by atoms with van der Waals surface area (Å²) in [6.07, 6.45) is 0.435. The van der Waals surface area contributed by atoms with Crippen molar-refractivity contribution in [1.29, 1.82) is 0 Å². The van der Waals surface area contributed by atoms with Gasteiger partial charge < -0.3 is 16.6 Å². The Labute approximate surface area is 104 Å². The van der Waals surface area contributed by atoms with Crippen molar-refractivity contribution < 1.29 is 14.7 Å². The molecule has 0 heterocycles. The molecule has 0 aliphatic rings. The Morgan fingerprint density at radius 1 is 1.33 bits per heavy atom.